The summed E-state index contributed by atoms with van der Waals surface area (Å²) in [6.45, 7) is 2.17. The number of rotatable bonds is 1. The van der Waals surface area contributed by atoms with Crippen LogP contribution in [0, 0.1) is 4.77 Å². The lowest BCUT2D eigenvalue weighted by Crippen LogP contribution is -2.38. The standard InChI is InChI=1S/C6H10N4S/c1-6(3-2-4-6)10-5(11)7-8-9-10/h2-4H2,1H3,(H,7,9,11). The van der Waals surface area contributed by atoms with Crippen LogP contribution in [-0.4, -0.2) is 20.2 Å². The fraction of sp³-hybridized carbons (Fsp3) is 0.833. The Morgan fingerprint density at radius 3 is 2.73 bits per heavy atom. The minimum atomic E-state index is 0.167. The van der Waals surface area contributed by atoms with Gasteiger partial charge in [0.2, 0.25) is 4.77 Å². The second-order valence-corrected chi connectivity index (χ2v) is 3.63. The number of nitrogens with zero attached hydrogens (tertiary/aromatic N) is 3. The maximum atomic E-state index is 4.99. The van der Waals surface area contributed by atoms with E-state index in [1.165, 1.54) is 19.3 Å². The number of hydrogen-bond donors (Lipinski definition) is 1. The Hall–Kier alpha value is -0.710. The molecule has 5 heteroatoms. The monoisotopic (exact) mass is 170 g/mol. The van der Waals surface area contributed by atoms with Crippen molar-refractivity contribution in [3.63, 3.8) is 0 Å². The van der Waals surface area contributed by atoms with Crippen molar-refractivity contribution in [3.05, 3.63) is 4.77 Å². The lowest BCUT2D eigenvalue weighted by molar-refractivity contribution is 0.144. The number of H-pyrrole nitrogens is 1. The SMILES string of the molecule is CC1(n2[nH]nnc2=S)CCC1. The van der Waals surface area contributed by atoms with E-state index in [2.05, 4.69) is 22.4 Å². The van der Waals surface area contributed by atoms with E-state index in [9.17, 15) is 0 Å². The van der Waals surface area contributed by atoms with Gasteiger partial charge in [0.05, 0.1) is 5.54 Å². The maximum absolute atomic E-state index is 4.99. The van der Waals surface area contributed by atoms with Crippen LogP contribution in [0.15, 0.2) is 0 Å². The third-order valence-corrected chi connectivity index (χ3v) is 2.71. The second-order valence-electron chi connectivity index (χ2n) is 3.27. The lowest BCUT2D eigenvalue weighted by atomic mass is 9.79. The molecule has 1 N–H and O–H groups in total. The van der Waals surface area contributed by atoms with Crippen LogP contribution < -0.4 is 0 Å². The van der Waals surface area contributed by atoms with Gasteiger partial charge in [-0.1, -0.05) is 10.3 Å². The van der Waals surface area contributed by atoms with E-state index in [1.54, 1.807) is 0 Å². The summed E-state index contributed by atoms with van der Waals surface area (Å²) in [7, 11) is 0. The molecule has 1 aliphatic rings. The molecule has 11 heavy (non-hydrogen) atoms. The highest BCUT2D eigenvalue weighted by Gasteiger charge is 2.34. The zero-order valence-corrected chi connectivity index (χ0v) is 7.19. The first-order valence-corrected chi connectivity index (χ1v) is 4.14. The van der Waals surface area contributed by atoms with E-state index in [-0.39, 0.29) is 5.54 Å². The van der Waals surface area contributed by atoms with Crippen molar-refractivity contribution in [2.24, 2.45) is 0 Å². The summed E-state index contributed by atoms with van der Waals surface area (Å²) < 4.78 is 2.44. The van der Waals surface area contributed by atoms with Gasteiger partial charge in [-0.25, -0.2) is 4.68 Å². The minimum absolute atomic E-state index is 0.167. The molecule has 1 saturated carbocycles. The molecule has 1 fully saturated rings. The molecule has 1 aliphatic carbocycles. The minimum Gasteiger partial charge on any atom is -0.237 e. The summed E-state index contributed by atoms with van der Waals surface area (Å²) in [5.74, 6) is 0. The van der Waals surface area contributed by atoms with Crippen molar-refractivity contribution < 1.29 is 0 Å². The van der Waals surface area contributed by atoms with Crippen LogP contribution in [-0.2, 0) is 5.54 Å². The average molecular weight is 170 g/mol. The van der Waals surface area contributed by atoms with E-state index in [0.717, 1.165) is 0 Å². The van der Waals surface area contributed by atoms with Gasteiger partial charge in [-0.2, -0.15) is 5.21 Å². The van der Waals surface area contributed by atoms with Gasteiger partial charge in [0.25, 0.3) is 0 Å². The van der Waals surface area contributed by atoms with Gasteiger partial charge in [0, 0.05) is 0 Å². The largest absolute Gasteiger partial charge is 0.238 e. The van der Waals surface area contributed by atoms with Crippen molar-refractivity contribution in [2.45, 2.75) is 31.7 Å². The predicted molar refractivity (Wildman–Crippen MR) is 42.7 cm³/mol. The Labute approximate surface area is 69.6 Å². The van der Waals surface area contributed by atoms with Gasteiger partial charge in [0.15, 0.2) is 0 Å². The van der Waals surface area contributed by atoms with Crippen LogP contribution in [0.4, 0.5) is 0 Å². The lowest BCUT2D eigenvalue weighted by Gasteiger charge is -2.37. The molecule has 0 saturated heterocycles. The summed E-state index contributed by atoms with van der Waals surface area (Å²) in [6, 6.07) is 0. The van der Waals surface area contributed by atoms with Gasteiger partial charge < -0.3 is 0 Å². The fourth-order valence-electron chi connectivity index (χ4n) is 1.46. The normalized spacial score (nSPS) is 21.2. The number of tetrazole rings is 1. The zero-order chi connectivity index (χ0) is 7.90. The molecule has 0 spiro atoms. The van der Waals surface area contributed by atoms with E-state index >= 15 is 0 Å². The summed E-state index contributed by atoms with van der Waals surface area (Å²) >= 11 is 4.99. The third kappa shape index (κ3) is 0.910. The molecule has 0 radical (unpaired) electrons. The molecule has 0 atom stereocenters. The highest BCUT2D eigenvalue weighted by atomic mass is 32.1. The van der Waals surface area contributed by atoms with E-state index < -0.39 is 0 Å². The van der Waals surface area contributed by atoms with Crippen molar-refractivity contribution in [3.8, 4) is 0 Å². The predicted octanol–water partition coefficient (Wildman–Crippen LogP) is 1.23. The molecule has 0 amide bonds. The van der Waals surface area contributed by atoms with Crippen molar-refractivity contribution in [1.82, 2.24) is 20.2 Å². The number of hydrogen-bond acceptors (Lipinski definition) is 3. The molecule has 1 aromatic heterocycles. The van der Waals surface area contributed by atoms with Crippen LogP contribution in [0.5, 0.6) is 0 Å². The summed E-state index contributed by atoms with van der Waals surface area (Å²) in [6.07, 6.45) is 3.62. The molecule has 0 aromatic carbocycles. The van der Waals surface area contributed by atoms with Crippen LogP contribution in [0.25, 0.3) is 0 Å². The topological polar surface area (TPSA) is 46.5 Å². The Balaban J connectivity index is 2.42. The summed E-state index contributed by atoms with van der Waals surface area (Å²) in [4.78, 5) is 0. The number of aromatic amines is 1. The molecule has 2 rings (SSSR count). The molecule has 0 unspecified atom stereocenters. The zero-order valence-electron chi connectivity index (χ0n) is 6.37. The van der Waals surface area contributed by atoms with Crippen molar-refractivity contribution in [2.75, 3.05) is 0 Å². The smallest absolute Gasteiger partial charge is 0.237 e. The fourth-order valence-corrected chi connectivity index (χ4v) is 1.76. The summed E-state index contributed by atoms with van der Waals surface area (Å²) in [5.41, 5.74) is 0.167. The van der Waals surface area contributed by atoms with Crippen molar-refractivity contribution in [1.29, 1.82) is 0 Å². The first kappa shape index (κ1) is 6.97. The Kier molecular flexibility index (Phi) is 1.35. The van der Waals surface area contributed by atoms with Crippen LogP contribution >= 0.6 is 12.2 Å². The quantitative estimate of drug-likeness (QED) is 0.645. The van der Waals surface area contributed by atoms with Gasteiger partial charge in [-0.05, 0) is 38.4 Å². The van der Waals surface area contributed by atoms with E-state index in [0.29, 0.717) is 4.77 Å². The summed E-state index contributed by atoms with van der Waals surface area (Å²) in [5, 5.41) is 10.2. The Bertz CT molecular complexity index is 308. The molecular weight excluding hydrogens is 160 g/mol. The Morgan fingerprint density at radius 2 is 2.36 bits per heavy atom. The number of aromatic nitrogens is 4. The van der Waals surface area contributed by atoms with Gasteiger partial charge in [0.1, 0.15) is 0 Å². The van der Waals surface area contributed by atoms with Crippen LogP contribution in [0.1, 0.15) is 26.2 Å². The van der Waals surface area contributed by atoms with Crippen molar-refractivity contribution >= 4 is 12.2 Å². The average Bonchev–Trinajstić information content (AvgIpc) is 2.30. The van der Waals surface area contributed by atoms with E-state index in [1.807, 2.05) is 4.68 Å². The highest BCUT2D eigenvalue weighted by Crippen LogP contribution is 2.37. The first-order chi connectivity index (χ1) is 5.22. The molecule has 1 heterocycles. The molecule has 4 nitrogen and oxygen atoms in total. The maximum Gasteiger partial charge on any atom is 0.238 e. The second kappa shape index (κ2) is 2.14. The molecule has 1 aromatic rings. The van der Waals surface area contributed by atoms with Gasteiger partial charge >= 0.3 is 0 Å². The number of nitrogens with one attached hydrogen (secondary N) is 1. The Morgan fingerprint density at radius 1 is 1.64 bits per heavy atom. The van der Waals surface area contributed by atoms with Gasteiger partial charge in [-0.15, -0.1) is 0 Å². The molecule has 0 aliphatic heterocycles. The van der Waals surface area contributed by atoms with E-state index in [4.69, 9.17) is 12.2 Å². The van der Waals surface area contributed by atoms with Gasteiger partial charge in [-0.3, -0.25) is 0 Å². The first-order valence-electron chi connectivity index (χ1n) is 3.73. The highest BCUT2D eigenvalue weighted by molar-refractivity contribution is 7.71. The van der Waals surface area contributed by atoms with Crippen LogP contribution in [0.3, 0.4) is 0 Å². The van der Waals surface area contributed by atoms with Crippen LogP contribution in [0.2, 0.25) is 0 Å². The molecular formula is C6H10N4S. The molecule has 60 valence electrons. The third-order valence-electron chi connectivity index (χ3n) is 2.44. The molecule has 0 bridgehead atoms.